The zero-order valence-electron chi connectivity index (χ0n) is 13.0. The quantitative estimate of drug-likeness (QED) is 0.680. The summed E-state index contributed by atoms with van der Waals surface area (Å²) in [6.07, 6.45) is 2.64. The van der Waals surface area contributed by atoms with E-state index < -0.39 is 0 Å². The lowest BCUT2D eigenvalue weighted by molar-refractivity contribution is 0.173. The van der Waals surface area contributed by atoms with Gasteiger partial charge in [-0.25, -0.2) is 0 Å². The Labute approximate surface area is 114 Å². The number of hydrogen-bond acceptors (Lipinski definition) is 3. The fourth-order valence-electron chi connectivity index (χ4n) is 2.95. The molecule has 0 bridgehead atoms. The van der Waals surface area contributed by atoms with E-state index >= 15 is 0 Å². The van der Waals surface area contributed by atoms with Crippen molar-refractivity contribution in [2.45, 2.75) is 40.5 Å². The van der Waals surface area contributed by atoms with E-state index in [0.717, 1.165) is 0 Å². The minimum Gasteiger partial charge on any atom is -0.316 e. The lowest BCUT2D eigenvalue weighted by atomic mass is 9.89. The standard InChI is InChI=1S/C15H33N3/c1-5-17(6-2)11-8-12-18(7-3)14-15(4)9-10-16-13-15/h16H,5-14H2,1-4H3. The van der Waals surface area contributed by atoms with Gasteiger partial charge in [0.15, 0.2) is 0 Å². The van der Waals surface area contributed by atoms with Crippen molar-refractivity contribution in [3.63, 3.8) is 0 Å². The Bertz CT molecular complexity index is 208. The number of hydrogen-bond donors (Lipinski definition) is 1. The molecule has 0 spiro atoms. The Balaban J connectivity index is 2.24. The van der Waals surface area contributed by atoms with Crippen LogP contribution in [0.1, 0.15) is 40.5 Å². The second-order valence-corrected chi connectivity index (χ2v) is 5.99. The van der Waals surface area contributed by atoms with E-state index in [1.165, 1.54) is 65.2 Å². The lowest BCUT2D eigenvalue weighted by Crippen LogP contribution is -2.38. The van der Waals surface area contributed by atoms with E-state index in [9.17, 15) is 0 Å². The van der Waals surface area contributed by atoms with Gasteiger partial charge in [-0.15, -0.1) is 0 Å². The molecule has 108 valence electrons. The molecular weight excluding hydrogens is 222 g/mol. The second kappa shape index (κ2) is 8.13. The summed E-state index contributed by atoms with van der Waals surface area (Å²) in [6.45, 7) is 19.0. The van der Waals surface area contributed by atoms with Crippen molar-refractivity contribution in [1.29, 1.82) is 0 Å². The van der Waals surface area contributed by atoms with Crippen LogP contribution in [0.4, 0.5) is 0 Å². The summed E-state index contributed by atoms with van der Waals surface area (Å²) < 4.78 is 0. The van der Waals surface area contributed by atoms with Crippen molar-refractivity contribution in [2.75, 3.05) is 52.4 Å². The molecule has 1 aliphatic heterocycles. The molecule has 0 aliphatic carbocycles. The van der Waals surface area contributed by atoms with Crippen LogP contribution in [0.15, 0.2) is 0 Å². The Morgan fingerprint density at radius 2 is 1.61 bits per heavy atom. The topological polar surface area (TPSA) is 18.5 Å². The van der Waals surface area contributed by atoms with Crippen molar-refractivity contribution in [1.82, 2.24) is 15.1 Å². The highest BCUT2D eigenvalue weighted by molar-refractivity contribution is 4.86. The predicted octanol–water partition coefficient (Wildman–Crippen LogP) is 2.04. The molecular formula is C15H33N3. The third-order valence-corrected chi connectivity index (χ3v) is 4.35. The van der Waals surface area contributed by atoms with Crippen LogP contribution in [0.3, 0.4) is 0 Å². The van der Waals surface area contributed by atoms with Crippen molar-refractivity contribution in [3.8, 4) is 0 Å². The van der Waals surface area contributed by atoms with Crippen molar-refractivity contribution in [3.05, 3.63) is 0 Å². The summed E-state index contributed by atoms with van der Waals surface area (Å²) in [7, 11) is 0. The zero-order chi connectivity index (χ0) is 13.4. The molecule has 1 saturated heterocycles. The summed E-state index contributed by atoms with van der Waals surface area (Å²) in [5.74, 6) is 0. The molecule has 18 heavy (non-hydrogen) atoms. The van der Waals surface area contributed by atoms with Crippen LogP contribution in [0, 0.1) is 5.41 Å². The van der Waals surface area contributed by atoms with Crippen LogP contribution in [0.2, 0.25) is 0 Å². The average molecular weight is 255 g/mol. The monoisotopic (exact) mass is 255 g/mol. The minimum absolute atomic E-state index is 0.505. The van der Waals surface area contributed by atoms with Gasteiger partial charge in [-0.1, -0.05) is 27.7 Å². The first-order valence-corrected chi connectivity index (χ1v) is 7.79. The molecule has 1 unspecified atom stereocenters. The van der Waals surface area contributed by atoms with E-state index in [4.69, 9.17) is 0 Å². The van der Waals surface area contributed by atoms with Crippen LogP contribution < -0.4 is 5.32 Å². The molecule has 0 amide bonds. The van der Waals surface area contributed by atoms with Gasteiger partial charge in [0.2, 0.25) is 0 Å². The largest absolute Gasteiger partial charge is 0.316 e. The molecule has 1 fully saturated rings. The van der Waals surface area contributed by atoms with Crippen LogP contribution in [-0.2, 0) is 0 Å². The van der Waals surface area contributed by atoms with E-state index in [0.29, 0.717) is 5.41 Å². The summed E-state index contributed by atoms with van der Waals surface area (Å²) in [5.41, 5.74) is 0.505. The molecule has 1 aliphatic rings. The van der Waals surface area contributed by atoms with Gasteiger partial charge < -0.3 is 15.1 Å². The Morgan fingerprint density at radius 1 is 1.00 bits per heavy atom. The maximum absolute atomic E-state index is 3.50. The third-order valence-electron chi connectivity index (χ3n) is 4.35. The van der Waals surface area contributed by atoms with Crippen LogP contribution >= 0.6 is 0 Å². The van der Waals surface area contributed by atoms with E-state index in [-0.39, 0.29) is 0 Å². The Hall–Kier alpha value is -0.120. The van der Waals surface area contributed by atoms with Crippen LogP contribution in [0.25, 0.3) is 0 Å². The fraction of sp³-hybridized carbons (Fsp3) is 1.00. The molecule has 0 radical (unpaired) electrons. The average Bonchev–Trinajstić information content (AvgIpc) is 2.80. The fourth-order valence-corrected chi connectivity index (χ4v) is 2.95. The second-order valence-electron chi connectivity index (χ2n) is 5.99. The number of rotatable bonds is 9. The molecule has 1 rings (SSSR count). The lowest BCUT2D eigenvalue weighted by Gasteiger charge is -2.31. The van der Waals surface area contributed by atoms with Gasteiger partial charge >= 0.3 is 0 Å². The normalized spacial score (nSPS) is 24.3. The first kappa shape index (κ1) is 15.9. The summed E-state index contributed by atoms with van der Waals surface area (Å²) in [6, 6.07) is 0. The van der Waals surface area contributed by atoms with E-state index in [1.54, 1.807) is 0 Å². The zero-order valence-corrected chi connectivity index (χ0v) is 13.0. The molecule has 3 nitrogen and oxygen atoms in total. The smallest absolute Gasteiger partial charge is 0.00479 e. The molecule has 0 saturated carbocycles. The van der Waals surface area contributed by atoms with Gasteiger partial charge in [0.05, 0.1) is 0 Å². The highest BCUT2D eigenvalue weighted by atomic mass is 15.1. The summed E-state index contributed by atoms with van der Waals surface area (Å²) in [4.78, 5) is 5.16. The van der Waals surface area contributed by atoms with Crippen molar-refractivity contribution in [2.24, 2.45) is 5.41 Å². The maximum Gasteiger partial charge on any atom is 0.00479 e. The summed E-state index contributed by atoms with van der Waals surface area (Å²) >= 11 is 0. The van der Waals surface area contributed by atoms with Crippen molar-refractivity contribution < 1.29 is 0 Å². The number of nitrogens with one attached hydrogen (secondary N) is 1. The third kappa shape index (κ3) is 5.25. The molecule has 3 heteroatoms. The molecule has 1 atom stereocenters. The van der Waals surface area contributed by atoms with Gasteiger partial charge in [0.25, 0.3) is 0 Å². The van der Waals surface area contributed by atoms with Crippen LogP contribution in [-0.4, -0.2) is 62.2 Å². The molecule has 0 aromatic rings. The van der Waals surface area contributed by atoms with Gasteiger partial charge in [-0.05, 0) is 57.5 Å². The highest BCUT2D eigenvalue weighted by Gasteiger charge is 2.29. The SMILES string of the molecule is CCN(CC)CCCN(CC)CC1(C)CCNC1. The Morgan fingerprint density at radius 3 is 2.11 bits per heavy atom. The van der Waals surface area contributed by atoms with Crippen molar-refractivity contribution >= 4 is 0 Å². The molecule has 1 heterocycles. The van der Waals surface area contributed by atoms with Gasteiger partial charge in [-0.2, -0.15) is 0 Å². The summed E-state index contributed by atoms with van der Waals surface area (Å²) in [5, 5.41) is 3.50. The van der Waals surface area contributed by atoms with Gasteiger partial charge in [0.1, 0.15) is 0 Å². The Kier molecular flexibility index (Phi) is 7.20. The van der Waals surface area contributed by atoms with Gasteiger partial charge in [-0.3, -0.25) is 0 Å². The predicted molar refractivity (Wildman–Crippen MR) is 80.1 cm³/mol. The van der Waals surface area contributed by atoms with Gasteiger partial charge in [0, 0.05) is 13.1 Å². The van der Waals surface area contributed by atoms with E-state index in [2.05, 4.69) is 42.8 Å². The van der Waals surface area contributed by atoms with E-state index in [1.807, 2.05) is 0 Å². The molecule has 0 aromatic carbocycles. The van der Waals surface area contributed by atoms with Crippen LogP contribution in [0.5, 0.6) is 0 Å². The number of nitrogens with zero attached hydrogens (tertiary/aromatic N) is 2. The molecule has 1 N–H and O–H groups in total. The molecule has 0 aromatic heterocycles. The minimum atomic E-state index is 0.505. The first-order chi connectivity index (χ1) is 8.63. The highest BCUT2D eigenvalue weighted by Crippen LogP contribution is 2.25. The first-order valence-electron chi connectivity index (χ1n) is 7.79. The maximum atomic E-state index is 3.50.